The monoisotopic (exact) mass is 371 g/mol. The maximum Gasteiger partial charge on any atom is 0.319 e. The molecule has 2 saturated heterocycles. The first kappa shape index (κ1) is 17.5. The topological polar surface area (TPSA) is 110 Å². The molecule has 0 saturated carbocycles. The van der Waals surface area contributed by atoms with Gasteiger partial charge in [0.1, 0.15) is 6.10 Å². The molecule has 9 heteroatoms. The van der Waals surface area contributed by atoms with Gasteiger partial charge in [-0.2, -0.15) is 4.98 Å². The summed E-state index contributed by atoms with van der Waals surface area (Å²) in [5, 5.41) is 9.31. The van der Waals surface area contributed by atoms with Crippen LogP contribution < -0.4 is 15.5 Å². The number of carbonyl (C=O) groups excluding carboxylic acids is 2. The summed E-state index contributed by atoms with van der Waals surface area (Å²) in [5.41, 5.74) is 1.40. The minimum Gasteiger partial charge on any atom is -0.368 e. The lowest BCUT2D eigenvalue weighted by Gasteiger charge is -2.16. The van der Waals surface area contributed by atoms with Crippen molar-refractivity contribution in [1.29, 1.82) is 0 Å². The van der Waals surface area contributed by atoms with E-state index in [1.165, 1.54) is 0 Å². The standard InChI is InChI=1S/C18H21N5O4/c24-16-7-2-8-23(16)13-5-1-4-12(10-13)20-18(25)19-11-15-21-17(27-22-15)14-6-3-9-26-14/h1,4-5,10,14H,2-3,6-9,11H2,(H2,19,20,25). The number of hydrogen-bond acceptors (Lipinski definition) is 6. The van der Waals surface area contributed by atoms with Crippen LogP contribution in [0, 0.1) is 0 Å². The van der Waals surface area contributed by atoms with E-state index in [2.05, 4.69) is 20.8 Å². The van der Waals surface area contributed by atoms with Crippen molar-refractivity contribution in [2.75, 3.05) is 23.4 Å². The Kier molecular flexibility index (Phi) is 5.01. The second kappa shape index (κ2) is 7.75. The fourth-order valence-corrected chi connectivity index (χ4v) is 3.25. The van der Waals surface area contributed by atoms with Crippen LogP contribution in [0.5, 0.6) is 0 Å². The molecule has 0 spiro atoms. The lowest BCUT2D eigenvalue weighted by Crippen LogP contribution is -2.29. The van der Waals surface area contributed by atoms with Gasteiger partial charge in [-0.25, -0.2) is 4.79 Å². The number of nitrogens with one attached hydrogen (secondary N) is 2. The van der Waals surface area contributed by atoms with Crippen molar-refractivity contribution in [2.45, 2.75) is 38.3 Å². The molecule has 2 aliphatic rings. The Labute approximate surface area is 156 Å². The SMILES string of the molecule is O=C(NCc1noc(C2CCCO2)n1)Nc1cccc(N2CCCC2=O)c1. The summed E-state index contributed by atoms with van der Waals surface area (Å²) < 4.78 is 10.7. The molecule has 2 N–H and O–H groups in total. The van der Waals surface area contributed by atoms with Crippen molar-refractivity contribution in [3.05, 3.63) is 36.0 Å². The van der Waals surface area contributed by atoms with Crippen LogP contribution in [0.15, 0.2) is 28.8 Å². The Hall–Kier alpha value is -2.94. The molecule has 4 rings (SSSR count). The predicted octanol–water partition coefficient (Wildman–Crippen LogP) is 2.37. The van der Waals surface area contributed by atoms with Gasteiger partial charge in [-0.15, -0.1) is 0 Å². The molecule has 2 fully saturated rings. The van der Waals surface area contributed by atoms with Crippen LogP contribution in [-0.2, 0) is 16.1 Å². The summed E-state index contributed by atoms with van der Waals surface area (Å²) in [5.74, 6) is 0.954. The molecule has 2 aliphatic heterocycles. The van der Waals surface area contributed by atoms with Crippen molar-refractivity contribution in [3.63, 3.8) is 0 Å². The zero-order chi connectivity index (χ0) is 18.6. The van der Waals surface area contributed by atoms with Gasteiger partial charge >= 0.3 is 6.03 Å². The average molecular weight is 371 g/mol. The summed E-state index contributed by atoms with van der Waals surface area (Å²) in [7, 11) is 0. The summed E-state index contributed by atoms with van der Waals surface area (Å²) in [6.45, 7) is 1.55. The maximum absolute atomic E-state index is 12.1. The molecule has 0 radical (unpaired) electrons. The second-order valence-electron chi connectivity index (χ2n) is 6.56. The normalized spacial score (nSPS) is 19.5. The number of ether oxygens (including phenoxy) is 1. The van der Waals surface area contributed by atoms with E-state index in [0.717, 1.165) is 24.9 Å². The van der Waals surface area contributed by atoms with Crippen molar-refractivity contribution in [3.8, 4) is 0 Å². The quantitative estimate of drug-likeness (QED) is 0.835. The molecule has 3 heterocycles. The van der Waals surface area contributed by atoms with Gasteiger partial charge in [0.05, 0.1) is 6.54 Å². The van der Waals surface area contributed by atoms with Crippen molar-refractivity contribution in [1.82, 2.24) is 15.5 Å². The van der Waals surface area contributed by atoms with Gasteiger partial charge in [-0.05, 0) is 37.5 Å². The van der Waals surface area contributed by atoms with Gasteiger partial charge in [0, 0.05) is 30.9 Å². The molecular formula is C18H21N5O4. The lowest BCUT2D eigenvalue weighted by molar-refractivity contribution is -0.117. The van der Waals surface area contributed by atoms with Gasteiger partial charge in [-0.1, -0.05) is 11.2 Å². The fourth-order valence-electron chi connectivity index (χ4n) is 3.25. The molecule has 3 amide bonds. The van der Waals surface area contributed by atoms with Gasteiger partial charge in [0.2, 0.25) is 5.91 Å². The van der Waals surface area contributed by atoms with Crippen molar-refractivity contribution < 1.29 is 18.8 Å². The average Bonchev–Trinajstić information content (AvgIpc) is 3.41. The summed E-state index contributed by atoms with van der Waals surface area (Å²) in [6.07, 6.45) is 3.12. The molecule has 27 heavy (non-hydrogen) atoms. The van der Waals surface area contributed by atoms with E-state index in [1.807, 2.05) is 12.1 Å². The first-order valence-electron chi connectivity index (χ1n) is 9.08. The Morgan fingerprint density at radius 3 is 3.04 bits per heavy atom. The summed E-state index contributed by atoms with van der Waals surface area (Å²) in [4.78, 5) is 30.0. The van der Waals surface area contributed by atoms with Crippen LogP contribution in [0.4, 0.5) is 16.2 Å². The predicted molar refractivity (Wildman–Crippen MR) is 96.1 cm³/mol. The first-order valence-corrected chi connectivity index (χ1v) is 9.08. The molecule has 1 unspecified atom stereocenters. The van der Waals surface area contributed by atoms with E-state index in [9.17, 15) is 9.59 Å². The van der Waals surface area contributed by atoms with Crippen LogP contribution in [0.2, 0.25) is 0 Å². The highest BCUT2D eigenvalue weighted by atomic mass is 16.5. The minimum atomic E-state index is -0.386. The fraction of sp³-hybridized carbons (Fsp3) is 0.444. The number of benzene rings is 1. The van der Waals surface area contributed by atoms with Gasteiger partial charge in [0.15, 0.2) is 5.82 Å². The van der Waals surface area contributed by atoms with Gasteiger partial charge in [-0.3, -0.25) is 4.79 Å². The second-order valence-corrected chi connectivity index (χ2v) is 6.56. The number of urea groups is 1. The van der Waals surface area contributed by atoms with Gasteiger partial charge in [0.25, 0.3) is 5.89 Å². The number of hydrogen-bond donors (Lipinski definition) is 2. The number of anilines is 2. The summed E-state index contributed by atoms with van der Waals surface area (Å²) in [6, 6.07) is 6.84. The van der Waals surface area contributed by atoms with E-state index in [4.69, 9.17) is 9.26 Å². The Morgan fingerprint density at radius 2 is 2.26 bits per heavy atom. The molecular weight excluding hydrogens is 350 g/mol. The van der Waals surface area contributed by atoms with Crippen LogP contribution in [0.1, 0.15) is 43.5 Å². The summed E-state index contributed by atoms with van der Waals surface area (Å²) >= 11 is 0. The number of carbonyl (C=O) groups is 2. The zero-order valence-electron chi connectivity index (χ0n) is 14.8. The third-order valence-electron chi connectivity index (χ3n) is 4.59. The molecule has 1 atom stereocenters. The molecule has 9 nitrogen and oxygen atoms in total. The maximum atomic E-state index is 12.1. The number of amides is 3. The zero-order valence-corrected chi connectivity index (χ0v) is 14.8. The van der Waals surface area contributed by atoms with E-state index in [0.29, 0.717) is 37.0 Å². The molecule has 1 aromatic heterocycles. The molecule has 0 bridgehead atoms. The highest BCUT2D eigenvalue weighted by Gasteiger charge is 2.24. The highest BCUT2D eigenvalue weighted by molar-refractivity contribution is 5.96. The molecule has 142 valence electrons. The molecule has 1 aromatic carbocycles. The van der Waals surface area contributed by atoms with E-state index in [-0.39, 0.29) is 24.6 Å². The first-order chi connectivity index (χ1) is 13.2. The minimum absolute atomic E-state index is 0.107. The molecule has 0 aliphatic carbocycles. The van der Waals surface area contributed by atoms with Crippen LogP contribution in [0.25, 0.3) is 0 Å². The molecule has 2 aromatic rings. The van der Waals surface area contributed by atoms with Crippen LogP contribution in [0.3, 0.4) is 0 Å². The lowest BCUT2D eigenvalue weighted by atomic mass is 10.2. The van der Waals surface area contributed by atoms with Crippen molar-refractivity contribution >= 4 is 23.3 Å². The van der Waals surface area contributed by atoms with Gasteiger partial charge < -0.3 is 24.8 Å². The largest absolute Gasteiger partial charge is 0.368 e. The number of aromatic nitrogens is 2. The third-order valence-corrected chi connectivity index (χ3v) is 4.59. The number of rotatable bonds is 5. The Balaban J connectivity index is 1.31. The number of nitrogens with zero attached hydrogens (tertiary/aromatic N) is 3. The Bertz CT molecular complexity index is 831. The van der Waals surface area contributed by atoms with E-state index in [1.54, 1.807) is 17.0 Å². The highest BCUT2D eigenvalue weighted by Crippen LogP contribution is 2.27. The Morgan fingerprint density at radius 1 is 1.33 bits per heavy atom. The van der Waals surface area contributed by atoms with Crippen LogP contribution in [-0.4, -0.2) is 35.2 Å². The van der Waals surface area contributed by atoms with E-state index < -0.39 is 0 Å². The van der Waals surface area contributed by atoms with Crippen molar-refractivity contribution in [2.24, 2.45) is 0 Å². The third kappa shape index (κ3) is 4.08. The van der Waals surface area contributed by atoms with Crippen LogP contribution >= 0.6 is 0 Å². The van der Waals surface area contributed by atoms with E-state index >= 15 is 0 Å². The smallest absolute Gasteiger partial charge is 0.319 e.